The highest BCUT2D eigenvalue weighted by atomic mass is 35.5. The molecular weight excluding hydrogens is 1360 g/mol. The fourth-order valence-electron chi connectivity index (χ4n) is 8.21. The zero-order chi connectivity index (χ0) is 67.0. The van der Waals surface area contributed by atoms with Crippen LogP contribution < -0.4 is 5.73 Å². The molecule has 0 amide bonds. The number of phenols is 2. The number of rotatable bonds is 18. The van der Waals surface area contributed by atoms with E-state index in [4.69, 9.17) is 17.3 Å². The second-order valence-corrected chi connectivity index (χ2v) is 26.5. The van der Waals surface area contributed by atoms with Crippen LogP contribution in [0.15, 0.2) is 149 Å². The van der Waals surface area contributed by atoms with Crippen molar-refractivity contribution in [2.24, 2.45) is 40.9 Å². The van der Waals surface area contributed by atoms with Crippen molar-refractivity contribution in [3.63, 3.8) is 0 Å². The number of fused-ring (bicyclic) bond motifs is 2. The molecule has 0 saturated carbocycles. The zero-order valence-corrected chi connectivity index (χ0v) is 48.9. The lowest BCUT2D eigenvalue weighted by atomic mass is 10.0. The van der Waals surface area contributed by atoms with E-state index >= 15 is 0 Å². The number of azo groups is 4. The van der Waals surface area contributed by atoms with Gasteiger partial charge >= 0.3 is 11.9 Å². The van der Waals surface area contributed by atoms with Crippen LogP contribution in [-0.4, -0.2) is 130 Å². The molecule has 0 radical (unpaired) electrons. The molecule has 7 aromatic carbocycles. The fourth-order valence-corrected chi connectivity index (χ4v) is 12.7. The Morgan fingerprint density at radius 1 is 0.544 bits per heavy atom. The third-order valence-electron chi connectivity index (χ3n) is 12.0. The number of hydrogen-bond donors (Lipinski definition) is 12. The van der Waals surface area contributed by atoms with E-state index in [0.717, 1.165) is 30.3 Å². The molecule has 8 aromatic rings. The van der Waals surface area contributed by atoms with Crippen LogP contribution in [-0.2, 0) is 60.7 Å². The molecule has 90 heavy (non-hydrogen) atoms. The molecule has 1 aromatic heterocycles. The van der Waals surface area contributed by atoms with Crippen molar-refractivity contribution in [2.75, 3.05) is 5.73 Å². The van der Waals surface area contributed by atoms with Crippen LogP contribution in [0.25, 0.3) is 27.2 Å². The van der Waals surface area contributed by atoms with E-state index in [-0.39, 0.29) is 23.4 Å². The molecular formula is C44H29ClN12O27S6. The van der Waals surface area contributed by atoms with E-state index in [1.54, 1.807) is 0 Å². The quantitative estimate of drug-likeness (QED) is 0.0126. The Labute approximate surface area is 504 Å². The summed E-state index contributed by atoms with van der Waals surface area (Å²) >= 11 is 6.19. The number of anilines is 1. The van der Waals surface area contributed by atoms with Gasteiger partial charge in [-0.1, -0.05) is 11.6 Å². The predicted molar refractivity (Wildman–Crippen MR) is 300 cm³/mol. The number of aryl methyl sites for hydroxylation is 1. The number of aromatic hydroxyl groups is 3. The van der Waals surface area contributed by atoms with Crippen LogP contribution in [0.2, 0.25) is 5.02 Å². The zero-order valence-electron chi connectivity index (χ0n) is 43.3. The summed E-state index contributed by atoms with van der Waals surface area (Å²) in [4.78, 5) is 26.6. The van der Waals surface area contributed by atoms with E-state index in [0.29, 0.717) is 41.1 Å². The molecule has 0 spiro atoms. The minimum atomic E-state index is -5.80. The van der Waals surface area contributed by atoms with Gasteiger partial charge in [0, 0.05) is 28.3 Å². The summed E-state index contributed by atoms with van der Waals surface area (Å²) < 4.78 is 213. The lowest BCUT2D eigenvalue weighted by Gasteiger charge is -2.15. The van der Waals surface area contributed by atoms with Crippen molar-refractivity contribution in [2.45, 2.75) is 36.3 Å². The number of nitro groups is 1. The van der Waals surface area contributed by atoms with Gasteiger partial charge in [-0.15, -0.1) is 35.8 Å². The molecule has 0 saturated heterocycles. The predicted octanol–water partition coefficient (Wildman–Crippen LogP) is 8.29. The SMILES string of the molecule is Cc1cc(S(=O)(=O)O)cc(Cl)c1-n1nc(C(=O)O)c(N=Nc2ccc(N=Nc3c(S(=O)(=O)O)cc4c(S(=O)(=O)O)c(N=Nc5cc(S(=O)(=O)O)c6cc(S(=O)(=O)O)c(/N=N\c7cc([N+](=O)[O-])ccc7C(=O)O)c(O)c6c5N)ccc4c3O)cc2S(=O)(=O)O)c1O. The normalized spacial score (nSPS) is 13.0. The first kappa shape index (κ1) is 65.9. The summed E-state index contributed by atoms with van der Waals surface area (Å²) in [6.45, 7) is 1.22. The lowest BCUT2D eigenvalue weighted by molar-refractivity contribution is -0.384. The van der Waals surface area contributed by atoms with Gasteiger partial charge < -0.3 is 31.3 Å². The highest BCUT2D eigenvalue weighted by Crippen LogP contribution is 2.50. The summed E-state index contributed by atoms with van der Waals surface area (Å²) in [5.74, 6) is -7.74. The Hall–Kier alpha value is -10.0. The number of hydrogen-bond acceptors (Lipinski definition) is 29. The van der Waals surface area contributed by atoms with Crippen molar-refractivity contribution in [1.29, 1.82) is 0 Å². The molecule has 39 nitrogen and oxygen atoms in total. The Morgan fingerprint density at radius 3 is 1.62 bits per heavy atom. The number of aromatic nitrogens is 2. The Bertz CT molecular complexity index is 5410. The maximum atomic E-state index is 13.1. The highest BCUT2D eigenvalue weighted by Gasteiger charge is 2.33. The summed E-state index contributed by atoms with van der Waals surface area (Å²) in [6.07, 6.45) is 0. The molecule has 0 aliphatic heterocycles. The maximum absolute atomic E-state index is 13.1. The summed E-state index contributed by atoms with van der Waals surface area (Å²) in [5.41, 5.74) is -5.99. The number of benzene rings is 7. The Kier molecular flexibility index (Phi) is 17.0. The summed E-state index contributed by atoms with van der Waals surface area (Å²) in [7, 11) is -33.2. The molecule has 470 valence electrons. The number of phenolic OH excluding ortho intramolecular Hbond substituents is 2. The average Bonchev–Trinajstić information content (AvgIpc) is 0.895. The first-order valence-electron chi connectivity index (χ1n) is 22.9. The van der Waals surface area contributed by atoms with Gasteiger partial charge in [0.05, 0.1) is 42.9 Å². The Morgan fingerprint density at radius 2 is 1.08 bits per heavy atom. The highest BCUT2D eigenvalue weighted by molar-refractivity contribution is 7.87. The Balaban J connectivity index is 1.23. The smallest absolute Gasteiger partial charge is 0.358 e. The van der Waals surface area contributed by atoms with Gasteiger partial charge in [-0.2, -0.15) is 65.4 Å². The largest absolute Gasteiger partial charge is 0.505 e. The first-order chi connectivity index (χ1) is 41.4. The van der Waals surface area contributed by atoms with Crippen LogP contribution in [0.3, 0.4) is 0 Å². The van der Waals surface area contributed by atoms with Crippen molar-refractivity contribution < 1.29 is 118 Å². The molecule has 13 N–H and O–H groups in total. The number of carbonyl (C=O) groups is 2. The van der Waals surface area contributed by atoms with E-state index in [1.165, 1.54) is 6.92 Å². The van der Waals surface area contributed by atoms with E-state index in [2.05, 4.69) is 46.0 Å². The topological polar surface area (TPSA) is 647 Å². The number of nitrogens with two attached hydrogens (primary N) is 1. The minimum Gasteiger partial charge on any atom is -0.505 e. The van der Waals surface area contributed by atoms with Crippen molar-refractivity contribution >= 4 is 163 Å². The standard InChI is InChI=1S/C44H29ClN12O27S6/c1-15-8-18(85(67,68)69)11-23(45)38(15)56-42(60)36(37(55-56)44(63)64)54-48-24-6-2-16(9-29(24)87(73,74)75)47-52-34-30(88(76,77)78)12-21-19(39(34)58)5-7-25(41(21)90(82,83)84)49-51-27-14-28(86(70,71)72)22-13-31(89(79,80)81)35(40(59)32(22)33(27)46)53-50-26-10-17(57(65)66)3-4-20(26)43(61)62/h2-14,58-60H,46H2,1H3,(H,61,62)(H,63,64)(H,67,68,69)(H,70,71,72)(H,73,74,75)(H,76,77,78)(H,79,80,81)(H,82,83,84)/b51-49?,52-47?,53-50-,54-48?. The number of non-ortho nitro benzene ring substituents is 1. The third-order valence-corrected chi connectivity index (χ3v) is 17.6. The number of carboxylic acid groups (broad SMARTS) is 2. The second-order valence-electron chi connectivity index (χ2n) is 17.8. The van der Waals surface area contributed by atoms with Gasteiger partial charge in [0.25, 0.3) is 66.4 Å². The van der Waals surface area contributed by atoms with Gasteiger partial charge in [-0.3, -0.25) is 37.4 Å². The third kappa shape index (κ3) is 12.9. The number of nitrogen functional groups attached to an aromatic ring is 1. The van der Waals surface area contributed by atoms with E-state index in [9.17, 15) is 123 Å². The van der Waals surface area contributed by atoms with Crippen LogP contribution >= 0.6 is 11.6 Å². The van der Waals surface area contributed by atoms with Gasteiger partial charge in [0.2, 0.25) is 11.6 Å². The van der Waals surface area contributed by atoms with Crippen LogP contribution in [0.1, 0.15) is 26.4 Å². The molecule has 0 atom stereocenters. The minimum absolute atomic E-state index is 0.111. The van der Waals surface area contributed by atoms with Gasteiger partial charge in [0.1, 0.15) is 58.6 Å². The molecule has 1 heterocycles. The molecule has 0 fully saturated rings. The van der Waals surface area contributed by atoms with Crippen molar-refractivity contribution in [3.8, 4) is 23.1 Å². The number of nitrogens with zero attached hydrogens (tertiary/aromatic N) is 11. The number of aromatic carboxylic acids is 2. The second kappa shape index (κ2) is 23.2. The molecule has 0 unspecified atom stereocenters. The summed E-state index contributed by atoms with van der Waals surface area (Å²) in [5, 5.41) is 92.6. The molecule has 0 aliphatic rings. The average molecular weight is 1390 g/mol. The van der Waals surface area contributed by atoms with Crippen molar-refractivity contribution in [3.05, 3.63) is 111 Å². The monoisotopic (exact) mass is 1380 g/mol. The van der Waals surface area contributed by atoms with Crippen LogP contribution in [0, 0.1) is 17.0 Å². The number of carboxylic acids is 2. The molecule has 8 rings (SSSR count). The molecule has 0 bridgehead atoms. The van der Waals surface area contributed by atoms with E-state index in [1.807, 2.05) is 0 Å². The van der Waals surface area contributed by atoms with Gasteiger partial charge in [-0.05, 0) is 79.2 Å². The molecule has 0 aliphatic carbocycles. The molecule has 46 heteroatoms. The summed E-state index contributed by atoms with van der Waals surface area (Å²) in [6, 6.07) is 7.76. The van der Waals surface area contributed by atoms with Crippen molar-refractivity contribution in [1.82, 2.24) is 9.78 Å². The van der Waals surface area contributed by atoms with Crippen LogP contribution in [0.5, 0.6) is 17.4 Å². The lowest BCUT2D eigenvalue weighted by Crippen LogP contribution is -2.06. The van der Waals surface area contributed by atoms with Crippen LogP contribution in [0.4, 0.5) is 56.9 Å². The number of nitro benzene ring substituents is 1. The van der Waals surface area contributed by atoms with Gasteiger partial charge in [0.15, 0.2) is 17.2 Å². The first-order valence-corrected chi connectivity index (χ1v) is 31.9. The fraction of sp³-hybridized carbons (Fsp3) is 0.0227. The van der Waals surface area contributed by atoms with Gasteiger partial charge in [-0.25, -0.2) is 9.59 Å². The number of halogens is 1. The van der Waals surface area contributed by atoms with E-state index < -0.39 is 219 Å². The maximum Gasteiger partial charge on any atom is 0.358 e.